The Balaban J connectivity index is 0.0000120. The molecule has 4 atom stereocenters. The van der Waals surface area contributed by atoms with Crippen LogP contribution in [0.15, 0.2) is 36.8 Å². The van der Waals surface area contributed by atoms with Crippen molar-refractivity contribution in [1.29, 1.82) is 0 Å². The first-order valence-corrected chi connectivity index (χ1v) is 51.4. The van der Waals surface area contributed by atoms with E-state index >= 15 is 0 Å². The molecule has 0 aliphatic heterocycles. The Morgan fingerprint density at radius 2 is 0.640 bits per heavy atom. The predicted octanol–water partition coefficient (Wildman–Crippen LogP) is 10.2. The second-order valence-electron chi connectivity index (χ2n) is 40.9. The number of nitrogens with zero attached hydrogens (tertiary/aromatic N) is 9. The maximum Gasteiger partial charge on any atom is 0.373 e. The zero-order valence-electron chi connectivity index (χ0n) is 92.0. The Bertz CT molecular complexity index is 4350. The number of carboxylic acids is 1. The highest BCUT2D eigenvalue weighted by Gasteiger charge is 2.34. The van der Waals surface area contributed by atoms with Crippen LogP contribution in [-0.4, -0.2) is 355 Å². The Morgan fingerprint density at radius 1 is 0.327 bits per heavy atom. The summed E-state index contributed by atoms with van der Waals surface area (Å²) in [5.41, 5.74) is 0.761. The molecule has 0 saturated heterocycles. The van der Waals surface area contributed by atoms with Gasteiger partial charge in [0.2, 0.25) is 0 Å². The van der Waals surface area contributed by atoms with Gasteiger partial charge in [0.05, 0.1) is 228 Å². The van der Waals surface area contributed by atoms with E-state index in [-0.39, 0.29) is 110 Å². The third kappa shape index (κ3) is 78.1. The first-order chi connectivity index (χ1) is 71.2. The molecule has 0 radical (unpaired) electrons. The molecule has 0 bridgehead atoms. The van der Waals surface area contributed by atoms with Crippen LogP contribution >= 0.6 is 0 Å². The number of unbranched alkanes of at least 4 members (excludes halogenated alkanes) is 3. The van der Waals surface area contributed by atoms with Crippen LogP contribution in [0.4, 0.5) is 9.59 Å². The van der Waals surface area contributed by atoms with E-state index in [9.17, 15) is 38.4 Å². The van der Waals surface area contributed by atoms with Gasteiger partial charge in [-0.15, -0.1) is 15.3 Å². The van der Waals surface area contributed by atoms with Crippen molar-refractivity contribution >= 4 is 66.0 Å². The Kier molecular flexibility index (Phi) is 75.9. The molecule has 854 valence electrons. The van der Waals surface area contributed by atoms with Gasteiger partial charge in [0.15, 0.2) is 11.6 Å². The van der Waals surface area contributed by atoms with Gasteiger partial charge in [-0.25, -0.2) is 23.9 Å². The van der Waals surface area contributed by atoms with E-state index in [1.54, 1.807) is 75.3 Å². The lowest BCUT2D eigenvalue weighted by Crippen LogP contribution is -2.53. The van der Waals surface area contributed by atoms with Crippen molar-refractivity contribution in [3.05, 3.63) is 65.0 Å². The third-order valence-electron chi connectivity index (χ3n) is 20.9. The summed E-state index contributed by atoms with van der Waals surface area (Å²) in [4.78, 5) is 153. The smallest absolute Gasteiger partial charge is 0.373 e. The summed E-state index contributed by atoms with van der Waals surface area (Å²) in [6, 6.07) is 1.96. The zero-order valence-corrected chi connectivity index (χ0v) is 92.0. The minimum atomic E-state index is -1.05. The molecule has 4 rings (SSSR count). The van der Waals surface area contributed by atoms with Crippen LogP contribution in [-0.2, 0) is 171 Å². The monoisotopic (exact) mass is 2140 g/mol. The number of carboxylic acid groups (broad SMARTS) is 1. The molecule has 150 heavy (non-hydrogen) atoms. The number of aryl methyl sites for hydroxylation is 3. The zero-order chi connectivity index (χ0) is 112. The van der Waals surface area contributed by atoms with Crippen molar-refractivity contribution in [3.8, 4) is 5.69 Å². The number of hydrogen-bond acceptors (Lipinski definition) is 39. The van der Waals surface area contributed by atoms with E-state index in [1.807, 2.05) is 53.9 Å². The number of benzene rings is 1. The maximum atomic E-state index is 13.7. The van der Waals surface area contributed by atoms with Gasteiger partial charge in [0.1, 0.15) is 40.3 Å². The minimum Gasteiger partial charge on any atom is -0.481 e. The van der Waals surface area contributed by atoms with Crippen molar-refractivity contribution in [2.75, 3.05) is 198 Å². The molecule has 5 N–H and O–H groups in total. The summed E-state index contributed by atoms with van der Waals surface area (Å²) in [5, 5.41) is 46.4. The number of hydrogen-bond donors (Lipinski definition) is 5. The van der Waals surface area contributed by atoms with E-state index in [0.29, 0.717) is 303 Å². The highest BCUT2D eigenvalue weighted by molar-refractivity contribution is 6.02. The lowest BCUT2D eigenvalue weighted by molar-refractivity contribution is -0.193. The second-order valence-corrected chi connectivity index (χ2v) is 40.9. The molecular weight excluding hydrogens is 1960 g/mol. The van der Waals surface area contributed by atoms with Gasteiger partial charge in [-0.1, -0.05) is 78.0 Å². The topological polar surface area (TPSA) is 575 Å². The van der Waals surface area contributed by atoms with Crippen LogP contribution < -0.4 is 21.3 Å². The lowest BCUT2D eigenvalue weighted by Gasteiger charge is -2.34. The van der Waals surface area contributed by atoms with Gasteiger partial charge in [-0.3, -0.25) is 28.5 Å². The number of carbonyl (C=O) groups excluding carboxylic acids is 13. The number of Topliss-reactive ketones (excluding diaryl/α,β-unsaturated/α-hetero) is 2. The number of aliphatic carboxylic acids is 1. The first kappa shape index (κ1) is 138. The summed E-state index contributed by atoms with van der Waals surface area (Å²) in [6.07, 6.45) is 14.8. The van der Waals surface area contributed by atoms with Crippen molar-refractivity contribution in [2.45, 2.75) is 307 Å². The number of ether oxygens (including phenoxy) is 19. The highest BCUT2D eigenvalue weighted by Crippen LogP contribution is 2.30. The minimum absolute atomic E-state index is 0.0277. The number of ketones is 2. The van der Waals surface area contributed by atoms with Gasteiger partial charge in [0.25, 0.3) is 0 Å². The average molecular weight is 2140 g/mol. The summed E-state index contributed by atoms with van der Waals surface area (Å²) in [5.74, 6) is -2.75. The van der Waals surface area contributed by atoms with Crippen LogP contribution in [0.5, 0.6) is 0 Å². The molecule has 0 unspecified atom stereocenters. The largest absolute Gasteiger partial charge is 0.481 e. The predicted molar refractivity (Wildman–Crippen MR) is 540 cm³/mol. The van der Waals surface area contributed by atoms with Gasteiger partial charge in [0, 0.05) is 75.2 Å². The molecular formula is C103H173N13O34. The van der Waals surface area contributed by atoms with Crippen LogP contribution in [0.2, 0.25) is 0 Å². The first-order valence-electron chi connectivity index (χ1n) is 51.4. The molecule has 4 aromatic rings. The van der Waals surface area contributed by atoms with E-state index in [2.05, 4.69) is 93.7 Å². The fourth-order valence-electron chi connectivity index (χ4n) is 13.5. The number of rotatable bonds is 83. The van der Waals surface area contributed by atoms with Gasteiger partial charge in [-0.2, -0.15) is 28.8 Å². The van der Waals surface area contributed by atoms with Crippen molar-refractivity contribution < 1.29 is 162 Å². The van der Waals surface area contributed by atoms with Gasteiger partial charge < -0.3 is 116 Å². The van der Waals surface area contributed by atoms with E-state index in [4.69, 9.17) is 124 Å². The summed E-state index contributed by atoms with van der Waals surface area (Å²) >= 11 is 0. The molecule has 0 spiro atoms. The van der Waals surface area contributed by atoms with Crippen LogP contribution in [0.1, 0.15) is 272 Å². The van der Waals surface area contributed by atoms with E-state index in [1.165, 1.54) is 4.68 Å². The normalized spacial score (nSPS) is 12.5. The SMILES string of the molecule is CC(C)(C)CC[C@H](NC(=O)N[C@@H](CCCCn1cc(COCCOCCOCCOCCOCCOCCOCCOCCCC(=O)c2cc(C(=O)CCCOCCOCCOCCOCCOCCOCCOCCOCc3cn(CCCC[C@H](NC(=O)N[C@@H](CCC(=O)OC(C)(C)C)C(=O)OC(C)(C)C)C(C)(C)C)nn3)cc(-n3cc(CCCCC(=O)O)nn3)c2)nn1)C(=O)OC(C)(C)C)C(C)(C)C.O=C=O.O=C=O.O=C=O. The number of amides is 4. The second kappa shape index (κ2) is 82.5. The third-order valence-corrected chi connectivity index (χ3v) is 20.9. The molecule has 47 heteroatoms. The molecule has 1 aromatic carbocycles. The number of aromatic nitrogens is 9. The number of nitrogens with one attached hydrogen (secondary N) is 4. The Hall–Kier alpha value is -10.1. The van der Waals surface area contributed by atoms with Crippen LogP contribution in [0.25, 0.3) is 5.69 Å². The summed E-state index contributed by atoms with van der Waals surface area (Å²) in [7, 11) is 0. The van der Waals surface area contributed by atoms with Gasteiger partial charge in [-0.05, 0) is 187 Å². The number of esters is 3. The molecule has 47 nitrogen and oxygen atoms in total. The van der Waals surface area contributed by atoms with Crippen molar-refractivity contribution in [2.24, 2.45) is 16.2 Å². The highest BCUT2D eigenvalue weighted by atomic mass is 16.6. The molecule has 0 aliphatic carbocycles. The maximum absolute atomic E-state index is 13.7. The molecule has 0 fully saturated rings. The van der Waals surface area contributed by atoms with E-state index in [0.717, 1.165) is 25.7 Å². The summed E-state index contributed by atoms with van der Waals surface area (Å²) in [6.45, 7) is 48.4. The fourth-order valence-corrected chi connectivity index (χ4v) is 13.5. The standard InChI is InChI=1S/C100H173N13O28.3CO2/c1-95(2,3)36-35-88(97(7,8)9)104-93(121)101-83(91(119)140-99(13,14)15)28-21-23-37-111-72-80(106-108-111)75-137-67-65-135-63-61-133-59-57-131-55-53-129-51-49-127-47-45-125-43-41-123-39-25-29-85(114)77-69-78(71-82(70-77)113-74-79(105-110-113)27-19-20-32-89(116)117)86(115)30-26-40-124-42-44-126-46-48-128-50-52-130-54-56-132-58-60-134-62-64-136-66-68-138-76-81-73-112(109-107-81)38-24-22-31-87(96(4,5)6)103-94(122)102-84(92(120)141-100(16,17)18)33-34-90(118)139-98(10,11)12;3*2-1-3/h69-74,83-84,87-88H,19-68,75-76H2,1-18H3,(H,116,117)(H2,101,104,121)(H2,102,103,122);;;/t83-,84-,87-,88-;;;/m0.../s1. The fraction of sp³-hybridized carbons (Fsp3) is 0.777. The molecule has 3 aromatic heterocycles. The molecule has 3 heterocycles. The summed E-state index contributed by atoms with van der Waals surface area (Å²) < 4.78 is 112. The Labute approximate surface area is 883 Å². The molecule has 4 amide bonds. The van der Waals surface area contributed by atoms with Crippen LogP contribution in [0.3, 0.4) is 0 Å². The Morgan fingerprint density at radius 3 is 0.967 bits per heavy atom. The van der Waals surface area contributed by atoms with Crippen molar-refractivity contribution in [1.82, 2.24) is 66.2 Å². The van der Waals surface area contributed by atoms with Crippen LogP contribution in [0, 0.1) is 16.2 Å². The number of carbonyl (C=O) groups is 8. The number of urea groups is 2. The van der Waals surface area contributed by atoms with Crippen molar-refractivity contribution in [3.63, 3.8) is 0 Å². The quantitative estimate of drug-likeness (QED) is 0.0119. The lowest BCUT2D eigenvalue weighted by atomic mass is 9.80. The van der Waals surface area contributed by atoms with E-state index < -0.39 is 58.8 Å². The molecule has 0 saturated carbocycles. The average Bonchev–Trinajstić information content (AvgIpc) is 1.58. The molecule has 0 aliphatic rings. The van der Waals surface area contributed by atoms with Gasteiger partial charge >= 0.3 is 54.4 Å².